The summed E-state index contributed by atoms with van der Waals surface area (Å²) in [6.07, 6.45) is 3.15. The average molecular weight is 291 g/mol. The van der Waals surface area contributed by atoms with Crippen molar-refractivity contribution in [3.63, 3.8) is 0 Å². The number of hydrogen-bond donors (Lipinski definition) is 1. The number of aromatic amines is 1. The van der Waals surface area contributed by atoms with Crippen molar-refractivity contribution in [3.05, 3.63) is 22.6 Å². The van der Waals surface area contributed by atoms with Crippen molar-refractivity contribution in [3.8, 4) is 0 Å². The third-order valence-electron chi connectivity index (χ3n) is 4.62. The van der Waals surface area contributed by atoms with Gasteiger partial charge in [-0.2, -0.15) is 0 Å². The molecule has 0 saturated heterocycles. The molecule has 1 aliphatic rings. The molecular weight excluding hydrogens is 270 g/mol. The van der Waals surface area contributed by atoms with Gasteiger partial charge in [-0.05, 0) is 44.1 Å². The van der Waals surface area contributed by atoms with Gasteiger partial charge in [-0.15, -0.1) is 0 Å². The van der Waals surface area contributed by atoms with E-state index in [0.717, 1.165) is 29.0 Å². The first-order chi connectivity index (χ1) is 9.46. The molecule has 2 heterocycles. The van der Waals surface area contributed by atoms with Gasteiger partial charge in [-0.3, -0.25) is 4.57 Å². The molecule has 0 radical (unpaired) electrons. The zero-order valence-electron chi connectivity index (χ0n) is 12.4. The number of aryl methyl sites for hydroxylation is 1. The molecular formula is C15H21N3OS. The first-order valence-electron chi connectivity index (χ1n) is 7.14. The second-order valence-corrected chi connectivity index (χ2v) is 6.53. The maximum Gasteiger partial charge on any atom is 0.179 e. The second-order valence-electron chi connectivity index (χ2n) is 6.14. The lowest BCUT2D eigenvalue weighted by Gasteiger charge is -2.51. The van der Waals surface area contributed by atoms with Gasteiger partial charge in [0.2, 0.25) is 0 Å². The molecule has 3 rings (SSSR count). The Morgan fingerprint density at radius 2 is 2.30 bits per heavy atom. The van der Waals surface area contributed by atoms with Crippen LogP contribution in [0.3, 0.4) is 0 Å². The van der Waals surface area contributed by atoms with E-state index in [4.69, 9.17) is 17.0 Å². The fourth-order valence-corrected chi connectivity index (χ4v) is 3.54. The highest BCUT2D eigenvalue weighted by Crippen LogP contribution is 2.52. The van der Waals surface area contributed by atoms with Crippen LogP contribution in [0.2, 0.25) is 0 Å². The second kappa shape index (κ2) is 4.67. The third kappa shape index (κ3) is 1.84. The van der Waals surface area contributed by atoms with E-state index >= 15 is 0 Å². The number of H-pyrrole nitrogens is 1. The summed E-state index contributed by atoms with van der Waals surface area (Å²) in [5.41, 5.74) is 3.27. The summed E-state index contributed by atoms with van der Waals surface area (Å²) < 4.78 is 8.75. The number of rotatable bonds is 3. The minimum atomic E-state index is 0.0782. The Morgan fingerprint density at radius 1 is 1.55 bits per heavy atom. The Hall–Kier alpha value is -1.20. The lowest BCUT2D eigenvalue weighted by Crippen LogP contribution is -2.51. The van der Waals surface area contributed by atoms with Crippen molar-refractivity contribution in [2.24, 2.45) is 5.41 Å². The SMILES string of the molecule is CCOC1CC(n2c(=S)[nH]c3c(C)ccnc32)C1(C)C. The van der Waals surface area contributed by atoms with Crippen LogP contribution in [0.4, 0.5) is 0 Å². The molecule has 1 N–H and O–H groups in total. The summed E-state index contributed by atoms with van der Waals surface area (Å²) in [6.45, 7) is 9.38. The number of nitrogens with zero attached hydrogens (tertiary/aromatic N) is 2. The van der Waals surface area contributed by atoms with E-state index in [1.807, 2.05) is 19.2 Å². The Labute approximate surface area is 124 Å². The molecule has 4 nitrogen and oxygen atoms in total. The van der Waals surface area contributed by atoms with Gasteiger partial charge in [0.05, 0.1) is 11.6 Å². The number of pyridine rings is 1. The van der Waals surface area contributed by atoms with Crippen molar-refractivity contribution in [2.75, 3.05) is 6.61 Å². The molecule has 2 atom stereocenters. The highest BCUT2D eigenvalue weighted by atomic mass is 32.1. The Morgan fingerprint density at radius 3 is 2.95 bits per heavy atom. The number of nitrogens with one attached hydrogen (secondary N) is 1. The number of aromatic nitrogens is 3. The zero-order chi connectivity index (χ0) is 14.5. The van der Waals surface area contributed by atoms with E-state index in [2.05, 4.69) is 35.3 Å². The van der Waals surface area contributed by atoms with Crippen molar-refractivity contribution < 1.29 is 4.74 Å². The van der Waals surface area contributed by atoms with Gasteiger partial charge in [0, 0.05) is 24.3 Å². The summed E-state index contributed by atoms with van der Waals surface area (Å²) in [7, 11) is 0. The monoisotopic (exact) mass is 291 g/mol. The topological polar surface area (TPSA) is 42.8 Å². The molecule has 5 heteroatoms. The van der Waals surface area contributed by atoms with Gasteiger partial charge in [0.1, 0.15) is 0 Å². The number of fused-ring (bicyclic) bond motifs is 1. The predicted molar refractivity (Wildman–Crippen MR) is 82.5 cm³/mol. The Bertz CT molecular complexity index is 701. The van der Waals surface area contributed by atoms with E-state index in [1.54, 1.807) is 0 Å². The normalized spacial score (nSPS) is 24.8. The van der Waals surface area contributed by atoms with Crippen LogP contribution in [0.15, 0.2) is 12.3 Å². The van der Waals surface area contributed by atoms with Crippen LogP contribution in [0.5, 0.6) is 0 Å². The first-order valence-corrected chi connectivity index (χ1v) is 7.55. The summed E-state index contributed by atoms with van der Waals surface area (Å²) in [6, 6.07) is 2.35. The molecule has 0 aromatic carbocycles. The smallest absolute Gasteiger partial charge is 0.179 e. The lowest BCUT2D eigenvalue weighted by molar-refractivity contribution is -0.127. The van der Waals surface area contributed by atoms with Gasteiger partial charge < -0.3 is 9.72 Å². The number of imidazole rings is 1. The fraction of sp³-hybridized carbons (Fsp3) is 0.600. The van der Waals surface area contributed by atoms with E-state index < -0.39 is 0 Å². The lowest BCUT2D eigenvalue weighted by atomic mass is 9.64. The third-order valence-corrected chi connectivity index (χ3v) is 4.92. The molecule has 0 spiro atoms. The molecule has 1 fully saturated rings. The minimum absolute atomic E-state index is 0.0782. The molecule has 2 unspecified atom stereocenters. The standard InChI is InChI=1S/C15H21N3OS/c1-5-19-11-8-10(15(11,3)4)18-13-12(17-14(18)20)9(2)6-7-16-13/h6-7,10-11H,5,8H2,1-4H3,(H,17,20). The fourth-order valence-electron chi connectivity index (χ4n) is 3.22. The summed E-state index contributed by atoms with van der Waals surface area (Å²) in [5.74, 6) is 0. The maximum absolute atomic E-state index is 5.82. The van der Waals surface area contributed by atoms with Crippen LogP contribution in [0.1, 0.15) is 38.8 Å². The van der Waals surface area contributed by atoms with Gasteiger partial charge in [0.15, 0.2) is 10.4 Å². The highest BCUT2D eigenvalue weighted by molar-refractivity contribution is 7.71. The van der Waals surface area contributed by atoms with Crippen LogP contribution in [-0.4, -0.2) is 27.2 Å². The molecule has 2 aromatic heterocycles. The molecule has 0 bridgehead atoms. The highest BCUT2D eigenvalue weighted by Gasteiger charge is 2.50. The molecule has 0 aliphatic heterocycles. The first kappa shape index (κ1) is 13.8. The molecule has 2 aromatic rings. The van der Waals surface area contributed by atoms with Gasteiger partial charge in [0.25, 0.3) is 0 Å². The minimum Gasteiger partial charge on any atom is -0.378 e. The largest absolute Gasteiger partial charge is 0.378 e. The van der Waals surface area contributed by atoms with Crippen LogP contribution in [0, 0.1) is 17.1 Å². The van der Waals surface area contributed by atoms with Crippen LogP contribution >= 0.6 is 12.2 Å². The maximum atomic E-state index is 5.82. The molecule has 1 saturated carbocycles. The van der Waals surface area contributed by atoms with E-state index in [9.17, 15) is 0 Å². The summed E-state index contributed by atoms with van der Waals surface area (Å²) >= 11 is 5.52. The van der Waals surface area contributed by atoms with E-state index in [-0.39, 0.29) is 5.41 Å². The van der Waals surface area contributed by atoms with Crippen LogP contribution in [0.25, 0.3) is 11.2 Å². The van der Waals surface area contributed by atoms with Crippen molar-refractivity contribution >= 4 is 23.4 Å². The van der Waals surface area contributed by atoms with Crippen LogP contribution in [-0.2, 0) is 4.74 Å². The van der Waals surface area contributed by atoms with E-state index in [1.165, 1.54) is 5.56 Å². The number of hydrogen-bond acceptors (Lipinski definition) is 3. The van der Waals surface area contributed by atoms with Gasteiger partial charge in [-0.25, -0.2) is 4.98 Å². The Kier molecular flexibility index (Phi) is 3.21. The quantitative estimate of drug-likeness (QED) is 0.875. The van der Waals surface area contributed by atoms with E-state index in [0.29, 0.717) is 12.1 Å². The Balaban J connectivity index is 2.07. The summed E-state index contributed by atoms with van der Waals surface area (Å²) in [4.78, 5) is 7.83. The molecule has 20 heavy (non-hydrogen) atoms. The molecule has 0 amide bonds. The number of ether oxygens (including phenoxy) is 1. The summed E-state index contributed by atoms with van der Waals surface area (Å²) in [5, 5.41) is 0. The molecule has 1 aliphatic carbocycles. The predicted octanol–water partition coefficient (Wildman–Crippen LogP) is 3.78. The van der Waals surface area contributed by atoms with Gasteiger partial charge in [-0.1, -0.05) is 13.8 Å². The van der Waals surface area contributed by atoms with Crippen molar-refractivity contribution in [1.29, 1.82) is 0 Å². The van der Waals surface area contributed by atoms with Crippen molar-refractivity contribution in [2.45, 2.75) is 46.3 Å². The zero-order valence-corrected chi connectivity index (χ0v) is 13.3. The van der Waals surface area contributed by atoms with Crippen molar-refractivity contribution in [1.82, 2.24) is 14.5 Å². The van der Waals surface area contributed by atoms with Crippen LogP contribution < -0.4 is 0 Å². The average Bonchev–Trinajstić information content (AvgIpc) is 2.72. The van der Waals surface area contributed by atoms with Gasteiger partial charge >= 0.3 is 0 Å². The molecule has 108 valence electrons.